The van der Waals surface area contributed by atoms with Crippen LogP contribution in [0.2, 0.25) is 0 Å². The molecule has 1 heterocycles. The number of benzene rings is 2. The smallest absolute Gasteiger partial charge is 0.193 e. The molecule has 152 valence electrons. The minimum atomic E-state index is 0. The average Bonchev–Trinajstić information content (AvgIpc) is 3.16. The molecule has 28 heavy (non-hydrogen) atoms. The minimum absolute atomic E-state index is 0. The van der Waals surface area contributed by atoms with Crippen LogP contribution in [-0.4, -0.2) is 37.6 Å². The molecule has 1 fully saturated rings. The first kappa shape index (κ1) is 22.7. The fourth-order valence-electron chi connectivity index (χ4n) is 3.55. The zero-order valence-corrected chi connectivity index (χ0v) is 19.4. The molecule has 0 spiro atoms. The van der Waals surface area contributed by atoms with Crippen molar-refractivity contribution in [3.63, 3.8) is 0 Å². The van der Waals surface area contributed by atoms with Crippen molar-refractivity contribution in [2.45, 2.75) is 32.9 Å². The molecule has 3 rings (SSSR count). The Morgan fingerprint density at radius 1 is 1.14 bits per heavy atom. The summed E-state index contributed by atoms with van der Waals surface area (Å²) >= 11 is 0. The van der Waals surface area contributed by atoms with Gasteiger partial charge in [0.15, 0.2) is 5.96 Å². The number of aryl methyl sites for hydroxylation is 1. The first-order chi connectivity index (χ1) is 13.2. The summed E-state index contributed by atoms with van der Waals surface area (Å²) in [7, 11) is 2.10. The number of ether oxygens (including phenoxy) is 1. The van der Waals surface area contributed by atoms with Crippen LogP contribution >= 0.6 is 24.0 Å². The van der Waals surface area contributed by atoms with Gasteiger partial charge >= 0.3 is 0 Å². The normalized spacial score (nSPS) is 19.2. The van der Waals surface area contributed by atoms with Gasteiger partial charge in [-0.05, 0) is 31.4 Å². The molecule has 1 N–H and O–H groups in total. The van der Waals surface area contributed by atoms with Gasteiger partial charge in [-0.1, -0.05) is 60.2 Å². The van der Waals surface area contributed by atoms with Crippen molar-refractivity contribution in [2.75, 3.05) is 26.7 Å². The lowest BCUT2D eigenvalue weighted by molar-refractivity contribution is 0.0925. The molecule has 5 heteroatoms. The second-order valence-corrected chi connectivity index (χ2v) is 7.29. The maximum atomic E-state index is 6.01. The highest BCUT2D eigenvalue weighted by Crippen LogP contribution is 2.34. The fraction of sp³-hybridized carbons (Fsp3) is 0.435. The van der Waals surface area contributed by atoms with Crippen LogP contribution in [0.5, 0.6) is 0 Å². The first-order valence-electron chi connectivity index (χ1n) is 9.89. The molecule has 1 aliphatic rings. The van der Waals surface area contributed by atoms with Crippen LogP contribution in [0.3, 0.4) is 0 Å². The Morgan fingerprint density at radius 2 is 1.86 bits per heavy atom. The molecule has 1 aliphatic heterocycles. The number of rotatable bonds is 6. The second kappa shape index (κ2) is 11.4. The summed E-state index contributed by atoms with van der Waals surface area (Å²) in [6.45, 7) is 7.53. The van der Waals surface area contributed by atoms with Crippen molar-refractivity contribution >= 4 is 29.9 Å². The quantitative estimate of drug-likeness (QED) is 0.357. The third-order valence-corrected chi connectivity index (χ3v) is 5.05. The lowest BCUT2D eigenvalue weighted by atomic mass is 9.95. The van der Waals surface area contributed by atoms with Gasteiger partial charge in [0, 0.05) is 39.2 Å². The Kier molecular flexibility index (Phi) is 9.25. The highest BCUT2D eigenvalue weighted by molar-refractivity contribution is 14.0. The van der Waals surface area contributed by atoms with Crippen LogP contribution in [0.4, 0.5) is 0 Å². The van der Waals surface area contributed by atoms with Crippen LogP contribution < -0.4 is 5.32 Å². The Balaban J connectivity index is 0.00000280. The number of nitrogens with zero attached hydrogens (tertiary/aromatic N) is 2. The van der Waals surface area contributed by atoms with Gasteiger partial charge in [0.1, 0.15) is 0 Å². The molecule has 0 bridgehead atoms. The number of nitrogens with one attached hydrogen (secondary N) is 1. The number of hydrogen-bond donors (Lipinski definition) is 1. The van der Waals surface area contributed by atoms with Gasteiger partial charge in [-0.25, -0.2) is 0 Å². The summed E-state index contributed by atoms with van der Waals surface area (Å²) in [5.74, 6) is 1.38. The van der Waals surface area contributed by atoms with E-state index >= 15 is 0 Å². The van der Waals surface area contributed by atoms with Crippen LogP contribution in [0.1, 0.15) is 36.1 Å². The lowest BCUT2D eigenvalue weighted by Gasteiger charge is -2.23. The van der Waals surface area contributed by atoms with Crippen molar-refractivity contribution < 1.29 is 4.74 Å². The fourth-order valence-corrected chi connectivity index (χ4v) is 3.55. The summed E-state index contributed by atoms with van der Waals surface area (Å²) in [6, 6.07) is 19.2. The highest BCUT2D eigenvalue weighted by Gasteiger charge is 2.29. The SMILES string of the molecule is CCNC(=NCC1CCOC1c1ccccc1)N(C)Cc1ccc(C)cc1.I. The van der Waals surface area contributed by atoms with E-state index in [9.17, 15) is 0 Å². The third-order valence-electron chi connectivity index (χ3n) is 5.05. The molecule has 0 aliphatic carbocycles. The molecule has 4 nitrogen and oxygen atoms in total. The third kappa shape index (κ3) is 6.21. The van der Waals surface area contributed by atoms with Crippen molar-refractivity contribution in [3.05, 3.63) is 71.3 Å². The second-order valence-electron chi connectivity index (χ2n) is 7.29. The first-order valence-corrected chi connectivity index (χ1v) is 9.89. The standard InChI is InChI=1S/C23H31N3O.HI/c1-4-24-23(26(3)17-19-12-10-18(2)11-13-19)25-16-21-14-15-27-22(21)20-8-6-5-7-9-20;/h5-13,21-22H,4,14-17H2,1-3H3,(H,24,25);1H. The van der Waals surface area contributed by atoms with E-state index in [2.05, 4.69) is 85.7 Å². The molecule has 2 unspecified atom stereocenters. The average molecular weight is 493 g/mol. The zero-order valence-electron chi connectivity index (χ0n) is 17.1. The van der Waals surface area contributed by atoms with E-state index in [1.807, 2.05) is 0 Å². The molecular formula is C23H32IN3O. The minimum Gasteiger partial charge on any atom is -0.373 e. The molecule has 0 amide bonds. The van der Waals surface area contributed by atoms with Gasteiger partial charge in [-0.2, -0.15) is 0 Å². The highest BCUT2D eigenvalue weighted by atomic mass is 127. The Morgan fingerprint density at radius 3 is 2.54 bits per heavy atom. The lowest BCUT2D eigenvalue weighted by Crippen LogP contribution is -2.39. The van der Waals surface area contributed by atoms with E-state index in [1.54, 1.807) is 0 Å². The van der Waals surface area contributed by atoms with Gasteiger partial charge in [-0.3, -0.25) is 4.99 Å². The van der Waals surface area contributed by atoms with E-state index in [4.69, 9.17) is 9.73 Å². The molecular weight excluding hydrogens is 461 g/mol. The van der Waals surface area contributed by atoms with Crippen LogP contribution in [0.15, 0.2) is 59.6 Å². The van der Waals surface area contributed by atoms with E-state index in [-0.39, 0.29) is 30.1 Å². The maximum Gasteiger partial charge on any atom is 0.193 e. The molecule has 2 atom stereocenters. The van der Waals surface area contributed by atoms with Gasteiger partial charge in [-0.15, -0.1) is 24.0 Å². The van der Waals surface area contributed by atoms with E-state index in [0.29, 0.717) is 5.92 Å². The summed E-state index contributed by atoms with van der Waals surface area (Å²) < 4.78 is 6.01. The summed E-state index contributed by atoms with van der Waals surface area (Å²) in [5, 5.41) is 3.43. The van der Waals surface area contributed by atoms with E-state index in [1.165, 1.54) is 16.7 Å². The monoisotopic (exact) mass is 493 g/mol. The Hall–Kier alpha value is -1.60. The van der Waals surface area contributed by atoms with Crippen molar-refractivity contribution in [1.82, 2.24) is 10.2 Å². The summed E-state index contributed by atoms with van der Waals surface area (Å²) in [6.07, 6.45) is 1.21. The Labute approximate surface area is 186 Å². The largest absolute Gasteiger partial charge is 0.373 e. The molecule has 2 aromatic carbocycles. The van der Waals surface area contributed by atoms with Crippen LogP contribution in [-0.2, 0) is 11.3 Å². The van der Waals surface area contributed by atoms with Gasteiger partial charge in [0.05, 0.1) is 6.10 Å². The van der Waals surface area contributed by atoms with Crippen LogP contribution in [0, 0.1) is 12.8 Å². The van der Waals surface area contributed by atoms with Gasteiger partial charge in [0.2, 0.25) is 0 Å². The van der Waals surface area contributed by atoms with Crippen molar-refractivity contribution in [2.24, 2.45) is 10.9 Å². The molecule has 0 saturated carbocycles. The number of halogens is 1. The molecule has 2 aromatic rings. The van der Waals surface area contributed by atoms with Crippen molar-refractivity contribution in [3.8, 4) is 0 Å². The van der Waals surface area contributed by atoms with E-state index in [0.717, 1.165) is 38.6 Å². The molecule has 1 saturated heterocycles. The van der Waals surface area contributed by atoms with Gasteiger partial charge < -0.3 is 15.0 Å². The Bertz CT molecular complexity index is 733. The predicted octanol–water partition coefficient (Wildman–Crippen LogP) is 4.79. The molecule has 0 aromatic heterocycles. The summed E-state index contributed by atoms with van der Waals surface area (Å²) in [5.41, 5.74) is 3.84. The number of hydrogen-bond acceptors (Lipinski definition) is 2. The van der Waals surface area contributed by atoms with Crippen molar-refractivity contribution in [1.29, 1.82) is 0 Å². The number of guanidine groups is 1. The topological polar surface area (TPSA) is 36.9 Å². The van der Waals surface area contributed by atoms with Gasteiger partial charge in [0.25, 0.3) is 0 Å². The maximum absolute atomic E-state index is 6.01. The van der Waals surface area contributed by atoms with E-state index < -0.39 is 0 Å². The molecule has 0 radical (unpaired) electrons. The summed E-state index contributed by atoms with van der Waals surface area (Å²) in [4.78, 5) is 7.13. The zero-order chi connectivity index (χ0) is 19.1. The predicted molar refractivity (Wildman–Crippen MR) is 127 cm³/mol. The van der Waals surface area contributed by atoms with Crippen LogP contribution in [0.25, 0.3) is 0 Å². The number of aliphatic imine (C=N–C) groups is 1.